The Morgan fingerprint density at radius 1 is 0.920 bits per heavy atom. The summed E-state index contributed by atoms with van der Waals surface area (Å²) in [5, 5.41) is 0. The van der Waals surface area contributed by atoms with E-state index in [1.54, 1.807) is 0 Å². The highest BCUT2D eigenvalue weighted by Crippen LogP contribution is 2.27. The summed E-state index contributed by atoms with van der Waals surface area (Å²) in [5.74, 6) is 0. The molecule has 3 rings (SSSR count). The van der Waals surface area contributed by atoms with Gasteiger partial charge < -0.3 is 4.90 Å². The van der Waals surface area contributed by atoms with Crippen LogP contribution < -0.4 is 0 Å². The molecule has 0 bridgehead atoms. The van der Waals surface area contributed by atoms with Crippen molar-refractivity contribution in [2.75, 3.05) is 26.2 Å². The zero-order chi connectivity index (χ0) is 17.6. The van der Waals surface area contributed by atoms with Crippen LogP contribution in [0.3, 0.4) is 0 Å². The van der Waals surface area contributed by atoms with Gasteiger partial charge in [-0.2, -0.15) is 0 Å². The Morgan fingerprint density at radius 2 is 1.68 bits per heavy atom. The van der Waals surface area contributed by atoms with E-state index in [1.165, 1.54) is 33.5 Å². The van der Waals surface area contributed by atoms with E-state index in [4.69, 9.17) is 4.99 Å². The summed E-state index contributed by atoms with van der Waals surface area (Å²) in [7, 11) is 0. The van der Waals surface area contributed by atoms with Crippen LogP contribution in [0.1, 0.15) is 48.1 Å². The van der Waals surface area contributed by atoms with Crippen molar-refractivity contribution in [3.63, 3.8) is 0 Å². The minimum Gasteiger partial charge on any atom is -0.304 e. The molecule has 2 aromatic rings. The summed E-state index contributed by atoms with van der Waals surface area (Å²) in [6, 6.07) is 15.5. The molecule has 1 aliphatic carbocycles. The summed E-state index contributed by atoms with van der Waals surface area (Å²) in [5.41, 5.74) is 8.16. The van der Waals surface area contributed by atoms with E-state index in [1.807, 2.05) is 0 Å². The number of rotatable bonds is 6. The molecule has 0 N–H and O–H groups in total. The zero-order valence-electron chi connectivity index (χ0n) is 15.9. The third kappa shape index (κ3) is 4.01. The van der Waals surface area contributed by atoms with Crippen LogP contribution in [0.2, 0.25) is 0 Å². The fourth-order valence-corrected chi connectivity index (χ4v) is 3.83. The molecule has 132 valence electrons. The number of hydrogen-bond acceptors (Lipinski definition) is 2. The van der Waals surface area contributed by atoms with Crippen LogP contribution in [0.25, 0.3) is 0 Å². The molecule has 0 amide bonds. The smallest absolute Gasteiger partial charge is 0.0724 e. The summed E-state index contributed by atoms with van der Waals surface area (Å²) in [4.78, 5) is 7.57. The molecule has 2 nitrogen and oxygen atoms in total. The molecule has 1 aliphatic rings. The summed E-state index contributed by atoms with van der Waals surface area (Å²) >= 11 is 0. The Labute approximate surface area is 152 Å². The lowest BCUT2D eigenvalue weighted by Crippen LogP contribution is -2.24. The number of fused-ring (bicyclic) bond motifs is 2. The predicted molar refractivity (Wildman–Crippen MR) is 108 cm³/mol. The predicted octanol–water partition coefficient (Wildman–Crippen LogP) is 4.66. The molecular weight excluding hydrogens is 304 g/mol. The fraction of sp³-hybridized carbons (Fsp3) is 0.435. The van der Waals surface area contributed by atoms with Crippen molar-refractivity contribution < 1.29 is 0 Å². The lowest BCUT2D eigenvalue weighted by Gasteiger charge is -2.17. The van der Waals surface area contributed by atoms with Crippen LogP contribution in [-0.2, 0) is 12.8 Å². The van der Waals surface area contributed by atoms with Gasteiger partial charge in [-0.15, -0.1) is 0 Å². The van der Waals surface area contributed by atoms with E-state index < -0.39 is 0 Å². The first-order chi connectivity index (χ1) is 12.2. The number of hydrogen-bond donors (Lipinski definition) is 0. The van der Waals surface area contributed by atoms with Gasteiger partial charge in [-0.05, 0) is 62.5 Å². The maximum Gasteiger partial charge on any atom is 0.0724 e. The van der Waals surface area contributed by atoms with Crippen LogP contribution in [0, 0.1) is 6.92 Å². The first kappa shape index (κ1) is 17.9. The van der Waals surface area contributed by atoms with Gasteiger partial charge in [0.15, 0.2) is 0 Å². The average molecular weight is 335 g/mol. The molecule has 0 fully saturated rings. The Kier molecular flexibility index (Phi) is 6.04. The van der Waals surface area contributed by atoms with Gasteiger partial charge in [-0.1, -0.05) is 56.3 Å². The fourth-order valence-electron chi connectivity index (χ4n) is 3.83. The van der Waals surface area contributed by atoms with Gasteiger partial charge in [0.1, 0.15) is 0 Å². The Balaban J connectivity index is 1.91. The van der Waals surface area contributed by atoms with Gasteiger partial charge in [-0.3, -0.25) is 4.99 Å². The lowest BCUT2D eigenvalue weighted by atomic mass is 9.95. The quantitative estimate of drug-likeness (QED) is 0.701. The van der Waals surface area contributed by atoms with E-state index in [0.29, 0.717) is 0 Å². The highest BCUT2D eigenvalue weighted by Gasteiger charge is 2.19. The normalized spacial score (nSPS) is 15.1. The van der Waals surface area contributed by atoms with Crippen LogP contribution in [0.15, 0.2) is 47.5 Å². The number of aliphatic imine (C=N–C) groups is 1. The lowest BCUT2D eigenvalue weighted by molar-refractivity contribution is 0.302. The Bertz CT molecular complexity index is 742. The first-order valence-corrected chi connectivity index (χ1v) is 9.68. The SMILES string of the molecule is CCN(CC)CCCN=C1c2ccccc2CCc2c(C)cccc21. The van der Waals surface area contributed by atoms with Crippen molar-refractivity contribution in [2.24, 2.45) is 4.99 Å². The van der Waals surface area contributed by atoms with E-state index in [9.17, 15) is 0 Å². The van der Waals surface area contributed by atoms with Gasteiger partial charge in [0.25, 0.3) is 0 Å². The summed E-state index contributed by atoms with van der Waals surface area (Å²) in [6.07, 6.45) is 3.33. The van der Waals surface area contributed by atoms with Gasteiger partial charge in [0.2, 0.25) is 0 Å². The highest BCUT2D eigenvalue weighted by molar-refractivity contribution is 6.15. The number of benzene rings is 2. The van der Waals surface area contributed by atoms with Crippen LogP contribution >= 0.6 is 0 Å². The number of aryl methyl sites for hydroxylation is 2. The van der Waals surface area contributed by atoms with Crippen molar-refractivity contribution in [1.29, 1.82) is 0 Å². The molecule has 0 spiro atoms. The molecule has 2 heteroatoms. The molecule has 0 radical (unpaired) electrons. The van der Waals surface area contributed by atoms with Gasteiger partial charge in [0.05, 0.1) is 5.71 Å². The molecule has 0 atom stereocenters. The third-order valence-electron chi connectivity index (χ3n) is 5.38. The minimum atomic E-state index is 0.896. The zero-order valence-corrected chi connectivity index (χ0v) is 15.9. The molecule has 0 heterocycles. The topological polar surface area (TPSA) is 15.6 Å². The van der Waals surface area contributed by atoms with Crippen LogP contribution in [-0.4, -0.2) is 36.8 Å². The van der Waals surface area contributed by atoms with E-state index in [2.05, 4.69) is 68.1 Å². The molecule has 0 saturated carbocycles. The number of nitrogens with zero attached hydrogens (tertiary/aromatic N) is 2. The Morgan fingerprint density at radius 3 is 2.48 bits per heavy atom. The second-order valence-corrected chi connectivity index (χ2v) is 6.87. The maximum absolute atomic E-state index is 5.10. The van der Waals surface area contributed by atoms with E-state index in [0.717, 1.165) is 45.4 Å². The molecule has 0 unspecified atom stereocenters. The second kappa shape index (κ2) is 8.44. The average Bonchev–Trinajstić information content (AvgIpc) is 2.80. The van der Waals surface area contributed by atoms with Crippen molar-refractivity contribution in [3.8, 4) is 0 Å². The van der Waals surface area contributed by atoms with E-state index >= 15 is 0 Å². The van der Waals surface area contributed by atoms with Crippen molar-refractivity contribution >= 4 is 5.71 Å². The standard InChI is InChI=1S/C23H30N2/c1-4-25(5-2)17-9-16-24-23-21-12-7-6-11-19(21)14-15-20-18(3)10-8-13-22(20)23/h6-8,10-13H,4-5,9,14-17H2,1-3H3. The third-order valence-corrected chi connectivity index (χ3v) is 5.38. The van der Waals surface area contributed by atoms with Crippen molar-refractivity contribution in [2.45, 2.75) is 40.0 Å². The van der Waals surface area contributed by atoms with Crippen LogP contribution in [0.5, 0.6) is 0 Å². The van der Waals surface area contributed by atoms with Gasteiger partial charge in [0, 0.05) is 17.7 Å². The summed E-state index contributed by atoms with van der Waals surface area (Å²) in [6.45, 7) is 11.0. The molecule has 0 saturated heterocycles. The van der Waals surface area contributed by atoms with Crippen molar-refractivity contribution in [3.05, 3.63) is 70.3 Å². The van der Waals surface area contributed by atoms with Crippen LogP contribution in [0.4, 0.5) is 0 Å². The van der Waals surface area contributed by atoms with E-state index in [-0.39, 0.29) is 0 Å². The Hall–Kier alpha value is -1.93. The molecular formula is C23H30N2. The molecule has 0 aliphatic heterocycles. The second-order valence-electron chi connectivity index (χ2n) is 6.87. The minimum absolute atomic E-state index is 0.896. The largest absolute Gasteiger partial charge is 0.304 e. The van der Waals surface area contributed by atoms with Gasteiger partial charge in [-0.25, -0.2) is 0 Å². The van der Waals surface area contributed by atoms with Crippen molar-refractivity contribution in [1.82, 2.24) is 4.90 Å². The maximum atomic E-state index is 5.10. The summed E-state index contributed by atoms with van der Waals surface area (Å²) < 4.78 is 0. The molecule has 25 heavy (non-hydrogen) atoms. The first-order valence-electron chi connectivity index (χ1n) is 9.68. The molecule has 2 aromatic carbocycles. The molecule has 0 aromatic heterocycles. The highest BCUT2D eigenvalue weighted by atomic mass is 15.1. The van der Waals surface area contributed by atoms with Gasteiger partial charge >= 0.3 is 0 Å². The monoisotopic (exact) mass is 334 g/mol.